The molecule has 0 radical (unpaired) electrons. The van der Waals surface area contributed by atoms with Crippen LogP contribution < -0.4 is 10.1 Å². The molecular weight excluding hydrogens is 424 g/mol. The van der Waals surface area contributed by atoms with Crippen LogP contribution in [0.5, 0.6) is 5.75 Å². The summed E-state index contributed by atoms with van der Waals surface area (Å²) >= 11 is 5.98. The van der Waals surface area contributed by atoms with Gasteiger partial charge in [0, 0.05) is 31.2 Å². The van der Waals surface area contributed by atoms with Crippen molar-refractivity contribution < 1.29 is 17.9 Å². The van der Waals surface area contributed by atoms with Gasteiger partial charge in [-0.3, -0.25) is 4.90 Å². The van der Waals surface area contributed by atoms with Gasteiger partial charge in [-0.15, -0.1) is 38.0 Å². The van der Waals surface area contributed by atoms with Gasteiger partial charge in [-0.1, -0.05) is 35.9 Å². The molecule has 0 aromatic heterocycles. The van der Waals surface area contributed by atoms with Gasteiger partial charge in [-0.05, 0) is 35.4 Å². The number of halogens is 6. The van der Waals surface area contributed by atoms with Crippen molar-refractivity contribution >= 4 is 36.4 Å². The maximum absolute atomic E-state index is 12.3. The normalized spacial score (nSPS) is 16.0. The first-order chi connectivity index (χ1) is 11.9. The molecule has 0 amide bonds. The van der Waals surface area contributed by atoms with E-state index in [-0.39, 0.29) is 36.6 Å². The number of hydrogen-bond donors (Lipinski definition) is 1. The summed E-state index contributed by atoms with van der Waals surface area (Å²) in [5.41, 5.74) is 1.97. The largest absolute Gasteiger partial charge is 0.573 e. The van der Waals surface area contributed by atoms with E-state index in [9.17, 15) is 13.2 Å². The molecule has 1 N–H and O–H groups in total. The van der Waals surface area contributed by atoms with E-state index < -0.39 is 6.36 Å². The third-order valence-corrected chi connectivity index (χ3v) is 4.38. The van der Waals surface area contributed by atoms with E-state index in [2.05, 4.69) is 15.0 Å². The van der Waals surface area contributed by atoms with Crippen molar-refractivity contribution in [3.8, 4) is 5.75 Å². The van der Waals surface area contributed by atoms with Crippen LogP contribution in [0.2, 0.25) is 5.02 Å². The second-order valence-corrected chi connectivity index (χ2v) is 6.29. The lowest BCUT2D eigenvalue weighted by Gasteiger charge is -2.35. The summed E-state index contributed by atoms with van der Waals surface area (Å²) in [6, 6.07) is 13.6. The molecule has 27 heavy (non-hydrogen) atoms. The summed E-state index contributed by atoms with van der Waals surface area (Å²) in [4.78, 5) is 2.30. The average Bonchev–Trinajstić information content (AvgIpc) is 2.58. The molecule has 2 aromatic carbocycles. The SMILES string of the molecule is Cl.Cl.FC(F)(F)Oc1ccc([C@@H](c2ccc(Cl)cc2)N2CCNCC2)cc1. The lowest BCUT2D eigenvalue weighted by atomic mass is 9.96. The standard InChI is InChI=1S/C18H18ClF3N2O.2ClH/c19-15-5-1-13(2-6-15)17(24-11-9-23-10-12-24)14-3-7-16(8-4-14)25-18(20,21)22;;/h1-8,17,23H,9-12H2;2*1H/t17-;;/m1../s1. The Balaban J connectivity index is 0.00000182. The molecule has 150 valence electrons. The second-order valence-electron chi connectivity index (χ2n) is 5.86. The highest BCUT2D eigenvalue weighted by Crippen LogP contribution is 2.32. The van der Waals surface area contributed by atoms with Gasteiger partial charge in [-0.2, -0.15) is 0 Å². The monoisotopic (exact) mass is 442 g/mol. The molecule has 0 spiro atoms. The van der Waals surface area contributed by atoms with E-state index in [1.54, 1.807) is 12.1 Å². The van der Waals surface area contributed by atoms with Crippen LogP contribution in [-0.4, -0.2) is 37.4 Å². The fraction of sp³-hybridized carbons (Fsp3) is 0.333. The Morgan fingerprint density at radius 2 is 1.37 bits per heavy atom. The van der Waals surface area contributed by atoms with E-state index in [0.29, 0.717) is 5.02 Å². The molecule has 3 rings (SSSR count). The van der Waals surface area contributed by atoms with Crippen LogP contribution >= 0.6 is 36.4 Å². The van der Waals surface area contributed by atoms with Crippen molar-refractivity contribution in [1.29, 1.82) is 0 Å². The molecule has 2 aromatic rings. The number of nitrogens with one attached hydrogen (secondary N) is 1. The van der Waals surface area contributed by atoms with Crippen LogP contribution in [0, 0.1) is 0 Å². The van der Waals surface area contributed by atoms with Crippen molar-refractivity contribution in [2.75, 3.05) is 26.2 Å². The third-order valence-electron chi connectivity index (χ3n) is 4.13. The molecule has 1 heterocycles. The van der Waals surface area contributed by atoms with Crippen molar-refractivity contribution in [2.45, 2.75) is 12.4 Å². The molecule has 0 aliphatic carbocycles. The Bertz CT molecular complexity index is 690. The van der Waals surface area contributed by atoms with Crippen LogP contribution in [0.3, 0.4) is 0 Å². The Kier molecular flexibility index (Phi) is 9.18. The third kappa shape index (κ3) is 6.73. The molecular formula is C18H20Cl3F3N2O. The Morgan fingerprint density at radius 3 is 1.85 bits per heavy atom. The molecule has 1 atom stereocenters. The summed E-state index contributed by atoms with van der Waals surface area (Å²) < 4.78 is 41.0. The first kappa shape index (κ1) is 23.9. The number of alkyl halides is 3. The highest BCUT2D eigenvalue weighted by Gasteiger charge is 2.31. The van der Waals surface area contributed by atoms with Gasteiger partial charge in [0.1, 0.15) is 5.75 Å². The Morgan fingerprint density at radius 1 is 0.889 bits per heavy atom. The number of piperazine rings is 1. The van der Waals surface area contributed by atoms with E-state index >= 15 is 0 Å². The molecule has 0 saturated carbocycles. The molecule has 0 bridgehead atoms. The lowest BCUT2D eigenvalue weighted by molar-refractivity contribution is -0.274. The van der Waals surface area contributed by atoms with Crippen molar-refractivity contribution in [2.24, 2.45) is 0 Å². The minimum Gasteiger partial charge on any atom is -0.406 e. The molecule has 1 saturated heterocycles. The van der Waals surface area contributed by atoms with E-state index in [1.165, 1.54) is 12.1 Å². The predicted molar refractivity (Wildman–Crippen MR) is 105 cm³/mol. The lowest BCUT2D eigenvalue weighted by Crippen LogP contribution is -2.45. The first-order valence-electron chi connectivity index (χ1n) is 7.98. The fourth-order valence-corrected chi connectivity index (χ4v) is 3.18. The number of rotatable bonds is 4. The maximum atomic E-state index is 12.3. The Labute approximate surface area is 173 Å². The second kappa shape index (κ2) is 10.4. The van der Waals surface area contributed by atoms with Crippen LogP contribution in [0.1, 0.15) is 17.2 Å². The number of nitrogens with zero attached hydrogens (tertiary/aromatic N) is 1. The zero-order valence-electron chi connectivity index (χ0n) is 14.2. The maximum Gasteiger partial charge on any atom is 0.573 e. The van der Waals surface area contributed by atoms with E-state index in [0.717, 1.165) is 37.3 Å². The van der Waals surface area contributed by atoms with E-state index in [1.807, 2.05) is 24.3 Å². The minimum absolute atomic E-state index is 0. The van der Waals surface area contributed by atoms with Gasteiger partial charge >= 0.3 is 6.36 Å². The average molecular weight is 444 g/mol. The number of ether oxygens (including phenoxy) is 1. The van der Waals surface area contributed by atoms with Crippen LogP contribution in [0.15, 0.2) is 48.5 Å². The summed E-state index contributed by atoms with van der Waals surface area (Å²) in [7, 11) is 0. The highest BCUT2D eigenvalue weighted by atomic mass is 35.5. The van der Waals surface area contributed by atoms with Gasteiger partial charge in [0.2, 0.25) is 0 Å². The Hall–Kier alpha value is -1.18. The van der Waals surface area contributed by atoms with Gasteiger partial charge in [0.15, 0.2) is 0 Å². The predicted octanol–water partition coefficient (Wildman–Crippen LogP) is 5.08. The molecule has 1 aliphatic rings. The molecule has 0 unspecified atom stereocenters. The van der Waals surface area contributed by atoms with Crippen molar-refractivity contribution in [1.82, 2.24) is 10.2 Å². The molecule has 1 fully saturated rings. The first-order valence-corrected chi connectivity index (χ1v) is 8.36. The van der Waals surface area contributed by atoms with Crippen LogP contribution in [0.25, 0.3) is 0 Å². The van der Waals surface area contributed by atoms with Gasteiger partial charge in [-0.25, -0.2) is 0 Å². The fourth-order valence-electron chi connectivity index (χ4n) is 3.05. The summed E-state index contributed by atoms with van der Waals surface area (Å²) in [6.45, 7) is 3.46. The number of benzene rings is 2. The molecule has 3 nitrogen and oxygen atoms in total. The van der Waals surface area contributed by atoms with E-state index in [4.69, 9.17) is 11.6 Å². The summed E-state index contributed by atoms with van der Waals surface area (Å²) in [6.07, 6.45) is -4.68. The molecule has 1 aliphatic heterocycles. The van der Waals surface area contributed by atoms with Gasteiger partial charge in [0.05, 0.1) is 6.04 Å². The zero-order valence-corrected chi connectivity index (χ0v) is 16.6. The quantitative estimate of drug-likeness (QED) is 0.713. The summed E-state index contributed by atoms with van der Waals surface area (Å²) in [5.74, 6) is -0.216. The summed E-state index contributed by atoms with van der Waals surface area (Å²) in [5, 5.41) is 3.96. The van der Waals surface area contributed by atoms with Crippen LogP contribution in [-0.2, 0) is 0 Å². The topological polar surface area (TPSA) is 24.5 Å². The zero-order chi connectivity index (χ0) is 17.9. The van der Waals surface area contributed by atoms with Crippen LogP contribution in [0.4, 0.5) is 13.2 Å². The van der Waals surface area contributed by atoms with Crippen molar-refractivity contribution in [3.05, 3.63) is 64.7 Å². The van der Waals surface area contributed by atoms with Gasteiger partial charge < -0.3 is 10.1 Å². The minimum atomic E-state index is -4.68. The highest BCUT2D eigenvalue weighted by molar-refractivity contribution is 6.30. The smallest absolute Gasteiger partial charge is 0.406 e. The molecule has 9 heteroatoms. The van der Waals surface area contributed by atoms with Crippen molar-refractivity contribution in [3.63, 3.8) is 0 Å². The number of hydrogen-bond acceptors (Lipinski definition) is 3. The van der Waals surface area contributed by atoms with Gasteiger partial charge in [0.25, 0.3) is 0 Å².